The minimum atomic E-state index is -1.77. The highest BCUT2D eigenvalue weighted by molar-refractivity contribution is 6.60. The molecule has 128 valence electrons. The fraction of sp³-hybridized carbons (Fsp3) is 0.333. The molecule has 25 heavy (non-hydrogen) atoms. The summed E-state index contributed by atoms with van der Waals surface area (Å²) in [5.41, 5.74) is 1.33. The molecule has 0 aliphatic carbocycles. The Morgan fingerprint density at radius 1 is 1.36 bits per heavy atom. The van der Waals surface area contributed by atoms with Crippen LogP contribution in [0.1, 0.15) is 32.5 Å². The van der Waals surface area contributed by atoms with Crippen molar-refractivity contribution >= 4 is 24.8 Å². The first-order chi connectivity index (χ1) is 12.1. The Labute approximate surface area is 143 Å². The summed E-state index contributed by atoms with van der Waals surface area (Å²) in [6.45, 7) is 1.26. The molecule has 2 atom stereocenters. The van der Waals surface area contributed by atoms with E-state index in [0.29, 0.717) is 31.5 Å². The Kier molecular flexibility index (Phi) is 3.87. The van der Waals surface area contributed by atoms with Crippen molar-refractivity contribution in [1.82, 2.24) is 19.9 Å². The Hall–Kier alpha value is -2.56. The van der Waals surface area contributed by atoms with E-state index in [1.165, 1.54) is 18.2 Å². The van der Waals surface area contributed by atoms with Crippen molar-refractivity contribution in [3.05, 3.63) is 41.2 Å². The molecular formula is C15H15BN4O5. The number of fused-ring (bicyclic) bond motifs is 3. The van der Waals surface area contributed by atoms with Crippen LogP contribution in [0.25, 0.3) is 0 Å². The van der Waals surface area contributed by atoms with E-state index >= 15 is 0 Å². The second-order valence-corrected chi connectivity index (χ2v) is 6.13. The van der Waals surface area contributed by atoms with Gasteiger partial charge in [0.15, 0.2) is 0 Å². The molecule has 1 amide bonds. The number of rotatable bonds is 3. The van der Waals surface area contributed by atoms with Crippen molar-refractivity contribution in [3.63, 3.8) is 0 Å². The number of likely N-dealkylation sites (tertiary alicyclic amines) is 1. The van der Waals surface area contributed by atoms with Crippen LogP contribution in [0.15, 0.2) is 24.4 Å². The molecule has 9 nitrogen and oxygen atoms in total. The zero-order valence-electron chi connectivity index (χ0n) is 13.1. The molecule has 1 saturated heterocycles. The van der Waals surface area contributed by atoms with Gasteiger partial charge in [0.25, 0.3) is 5.91 Å². The largest absolute Gasteiger partial charge is 0.489 e. The van der Waals surface area contributed by atoms with Crippen LogP contribution >= 0.6 is 0 Å². The van der Waals surface area contributed by atoms with Crippen LogP contribution in [0.4, 0.5) is 0 Å². The van der Waals surface area contributed by atoms with Gasteiger partial charge in [-0.05, 0) is 17.6 Å². The lowest BCUT2D eigenvalue weighted by atomic mass is 9.77. The van der Waals surface area contributed by atoms with Crippen LogP contribution in [0.5, 0.6) is 0 Å². The second-order valence-electron chi connectivity index (χ2n) is 6.13. The molecule has 0 radical (unpaired) electrons. The average molecular weight is 342 g/mol. The number of hydrogen-bond acceptors (Lipinski definition) is 7. The van der Waals surface area contributed by atoms with Crippen LogP contribution in [0.3, 0.4) is 0 Å². The molecule has 4 rings (SSSR count). The molecule has 0 unspecified atom stereocenters. The molecule has 2 N–H and O–H groups in total. The smallest absolute Gasteiger partial charge is 0.423 e. The highest BCUT2D eigenvalue weighted by atomic mass is 16.5. The van der Waals surface area contributed by atoms with Crippen molar-refractivity contribution in [2.24, 2.45) is 0 Å². The summed E-state index contributed by atoms with van der Waals surface area (Å²) in [6, 6.07) is 4.14. The molecule has 0 spiro atoms. The number of hydrogen-bond donors (Lipinski definition) is 2. The molecule has 1 fully saturated rings. The predicted octanol–water partition coefficient (Wildman–Crippen LogP) is -1.63. The van der Waals surface area contributed by atoms with Crippen molar-refractivity contribution in [3.8, 4) is 0 Å². The van der Waals surface area contributed by atoms with E-state index in [4.69, 9.17) is 4.74 Å². The fourth-order valence-electron chi connectivity index (χ4n) is 3.39. The van der Waals surface area contributed by atoms with Gasteiger partial charge >= 0.3 is 7.12 Å². The van der Waals surface area contributed by atoms with E-state index in [2.05, 4.69) is 10.3 Å². The number of carbonyl (C=O) groups excluding carboxylic acids is 2. The summed E-state index contributed by atoms with van der Waals surface area (Å²) >= 11 is 0. The van der Waals surface area contributed by atoms with Crippen molar-refractivity contribution < 1.29 is 24.4 Å². The number of amides is 1. The van der Waals surface area contributed by atoms with Gasteiger partial charge in [-0.1, -0.05) is 11.3 Å². The van der Waals surface area contributed by atoms with E-state index in [1.807, 2.05) is 0 Å². The van der Waals surface area contributed by atoms with Gasteiger partial charge in [0.05, 0.1) is 30.6 Å². The van der Waals surface area contributed by atoms with Crippen LogP contribution in [-0.2, 0) is 11.3 Å². The van der Waals surface area contributed by atoms with Gasteiger partial charge in [-0.3, -0.25) is 9.59 Å². The van der Waals surface area contributed by atoms with Crippen LogP contribution in [0, 0.1) is 0 Å². The van der Waals surface area contributed by atoms with Crippen molar-refractivity contribution in [2.75, 3.05) is 13.1 Å². The van der Waals surface area contributed by atoms with E-state index in [-0.39, 0.29) is 29.1 Å². The van der Waals surface area contributed by atoms with Crippen LogP contribution < -0.4 is 5.46 Å². The van der Waals surface area contributed by atoms with Gasteiger partial charge in [-0.15, -0.1) is 5.10 Å². The first kappa shape index (κ1) is 15.9. The first-order valence-corrected chi connectivity index (χ1v) is 7.83. The highest BCUT2D eigenvalue weighted by Crippen LogP contribution is 2.30. The van der Waals surface area contributed by atoms with E-state index in [1.54, 1.807) is 15.8 Å². The Bertz CT molecular complexity index is 839. The van der Waals surface area contributed by atoms with Crippen LogP contribution in [-0.4, -0.2) is 68.4 Å². The number of aromatic nitrogens is 3. The molecule has 10 heteroatoms. The van der Waals surface area contributed by atoms with Gasteiger partial charge in [-0.2, -0.15) is 0 Å². The zero-order chi connectivity index (χ0) is 17.6. The molecule has 2 aromatic rings. The number of aldehydes is 1. The normalized spacial score (nSPS) is 21.6. The molecule has 0 bridgehead atoms. The molecule has 1 aromatic heterocycles. The Morgan fingerprint density at radius 2 is 2.20 bits per heavy atom. The SMILES string of the molecule is O=Cc1cc(C(=O)N2C[C@@H]3OCc4cnnn4[C@H]3C2)ccc1B(O)O. The minimum absolute atomic E-state index is 0.0669. The summed E-state index contributed by atoms with van der Waals surface area (Å²) < 4.78 is 7.58. The van der Waals surface area contributed by atoms with Gasteiger partial charge in [-0.25, -0.2) is 4.68 Å². The molecule has 2 aliphatic heterocycles. The number of benzene rings is 1. The summed E-state index contributed by atoms with van der Waals surface area (Å²) in [5.74, 6) is -0.248. The lowest BCUT2D eigenvalue weighted by Gasteiger charge is -2.25. The third kappa shape index (κ3) is 2.64. The van der Waals surface area contributed by atoms with E-state index in [9.17, 15) is 19.6 Å². The molecule has 0 saturated carbocycles. The zero-order valence-corrected chi connectivity index (χ0v) is 13.1. The maximum atomic E-state index is 12.8. The summed E-state index contributed by atoms with van der Waals surface area (Å²) in [5, 5.41) is 26.5. The maximum absolute atomic E-state index is 12.8. The summed E-state index contributed by atoms with van der Waals surface area (Å²) in [6.07, 6.45) is 2.00. The van der Waals surface area contributed by atoms with Gasteiger partial charge in [0.2, 0.25) is 0 Å². The predicted molar refractivity (Wildman–Crippen MR) is 85.2 cm³/mol. The Morgan fingerprint density at radius 3 is 2.96 bits per heavy atom. The molecular weight excluding hydrogens is 327 g/mol. The number of nitrogens with zero attached hydrogens (tertiary/aromatic N) is 4. The highest BCUT2D eigenvalue weighted by Gasteiger charge is 2.41. The van der Waals surface area contributed by atoms with Gasteiger partial charge < -0.3 is 19.7 Å². The molecule has 3 heterocycles. The lowest BCUT2D eigenvalue weighted by molar-refractivity contribution is -0.00488. The maximum Gasteiger partial charge on any atom is 0.489 e. The first-order valence-electron chi connectivity index (χ1n) is 7.83. The lowest BCUT2D eigenvalue weighted by Crippen LogP contribution is -2.34. The minimum Gasteiger partial charge on any atom is -0.423 e. The molecule has 2 aliphatic rings. The number of ether oxygens (including phenoxy) is 1. The molecule has 1 aromatic carbocycles. The monoisotopic (exact) mass is 342 g/mol. The summed E-state index contributed by atoms with van der Waals surface area (Å²) in [7, 11) is -1.77. The van der Waals surface area contributed by atoms with E-state index in [0.717, 1.165) is 5.69 Å². The number of carbonyl (C=O) groups is 2. The van der Waals surface area contributed by atoms with Crippen LogP contribution in [0.2, 0.25) is 0 Å². The van der Waals surface area contributed by atoms with Gasteiger partial charge in [0.1, 0.15) is 6.29 Å². The third-order valence-corrected chi connectivity index (χ3v) is 4.67. The standard InChI is InChI=1S/C15H15BN4O5/c21-7-10-3-9(1-2-12(10)16(23)24)15(22)19-5-13-14(6-19)25-8-11-4-17-18-20(11)13/h1-4,7,13-14,23-24H,5-6,8H2/t13-,14-/m0/s1. The quantitative estimate of drug-likeness (QED) is 0.508. The fourth-order valence-corrected chi connectivity index (χ4v) is 3.39. The summed E-state index contributed by atoms with van der Waals surface area (Å²) in [4.78, 5) is 25.6. The topological polar surface area (TPSA) is 118 Å². The van der Waals surface area contributed by atoms with E-state index < -0.39 is 7.12 Å². The second kappa shape index (κ2) is 6.06. The average Bonchev–Trinajstić information content (AvgIpc) is 3.26. The Balaban J connectivity index is 1.58. The third-order valence-electron chi connectivity index (χ3n) is 4.67. The van der Waals surface area contributed by atoms with Gasteiger partial charge in [0, 0.05) is 24.2 Å². The van der Waals surface area contributed by atoms with Crippen molar-refractivity contribution in [2.45, 2.75) is 18.8 Å². The van der Waals surface area contributed by atoms with Crippen molar-refractivity contribution in [1.29, 1.82) is 0 Å².